The van der Waals surface area contributed by atoms with Crippen LogP contribution in [0.3, 0.4) is 0 Å². The van der Waals surface area contributed by atoms with Gasteiger partial charge in [-0.2, -0.15) is 0 Å². The monoisotopic (exact) mass is 245 g/mol. The summed E-state index contributed by atoms with van der Waals surface area (Å²) in [6, 6.07) is 6.58. The van der Waals surface area contributed by atoms with Crippen LogP contribution in [-0.4, -0.2) is 5.54 Å². The molecule has 0 spiro atoms. The second kappa shape index (κ2) is 5.44. The van der Waals surface area contributed by atoms with Gasteiger partial charge in [0.1, 0.15) is 0 Å². The Kier molecular flexibility index (Phi) is 4.11. The third kappa shape index (κ3) is 2.61. The summed E-state index contributed by atoms with van der Waals surface area (Å²) in [6.45, 7) is 6.73. The largest absolute Gasteiger partial charge is 0.325 e. The molecule has 1 saturated carbocycles. The molecule has 100 valence electrons. The fourth-order valence-corrected chi connectivity index (χ4v) is 3.64. The van der Waals surface area contributed by atoms with Gasteiger partial charge in [-0.3, -0.25) is 0 Å². The van der Waals surface area contributed by atoms with Crippen LogP contribution in [0.15, 0.2) is 18.2 Å². The molecule has 0 bridgehead atoms. The Morgan fingerprint density at radius 1 is 1.22 bits per heavy atom. The lowest BCUT2D eigenvalue weighted by Gasteiger charge is -2.42. The van der Waals surface area contributed by atoms with Crippen LogP contribution in [0.2, 0.25) is 0 Å². The number of aryl methyl sites for hydroxylation is 2. The van der Waals surface area contributed by atoms with Crippen LogP contribution in [0, 0.1) is 19.8 Å². The molecule has 1 aromatic carbocycles. The maximum absolute atomic E-state index is 6.78. The highest BCUT2D eigenvalue weighted by Crippen LogP contribution is 2.37. The van der Waals surface area contributed by atoms with E-state index < -0.39 is 0 Å². The van der Waals surface area contributed by atoms with Crippen LogP contribution in [0.4, 0.5) is 0 Å². The molecule has 0 aliphatic heterocycles. The number of nitrogens with two attached hydrogens (primary N) is 1. The summed E-state index contributed by atoms with van der Waals surface area (Å²) in [5.41, 5.74) is 11.1. The SMILES string of the molecule is CCC1CCCCC1(N)Cc1c(C)cccc1C. The zero-order valence-electron chi connectivity index (χ0n) is 12.1. The number of benzene rings is 1. The van der Waals surface area contributed by atoms with Crippen molar-refractivity contribution in [1.82, 2.24) is 0 Å². The Balaban J connectivity index is 2.25. The first-order valence-electron chi connectivity index (χ1n) is 7.41. The molecule has 1 nitrogen and oxygen atoms in total. The lowest BCUT2D eigenvalue weighted by Crippen LogP contribution is -2.51. The van der Waals surface area contributed by atoms with Crippen molar-refractivity contribution in [2.24, 2.45) is 11.7 Å². The molecule has 1 fully saturated rings. The van der Waals surface area contributed by atoms with Crippen LogP contribution >= 0.6 is 0 Å². The molecule has 0 radical (unpaired) electrons. The molecule has 0 heterocycles. The van der Waals surface area contributed by atoms with E-state index in [9.17, 15) is 0 Å². The highest BCUT2D eigenvalue weighted by atomic mass is 14.8. The molecule has 0 aromatic heterocycles. The Morgan fingerprint density at radius 2 is 1.89 bits per heavy atom. The van der Waals surface area contributed by atoms with E-state index in [1.165, 1.54) is 48.8 Å². The van der Waals surface area contributed by atoms with Crippen LogP contribution < -0.4 is 5.73 Å². The van der Waals surface area contributed by atoms with E-state index in [0.717, 1.165) is 6.42 Å². The van der Waals surface area contributed by atoms with Crippen molar-refractivity contribution in [3.63, 3.8) is 0 Å². The van der Waals surface area contributed by atoms with Gasteiger partial charge in [-0.15, -0.1) is 0 Å². The fraction of sp³-hybridized carbons (Fsp3) is 0.647. The van der Waals surface area contributed by atoms with Crippen LogP contribution in [-0.2, 0) is 6.42 Å². The minimum absolute atomic E-state index is 0.0316. The van der Waals surface area contributed by atoms with Crippen molar-refractivity contribution < 1.29 is 0 Å². The highest BCUT2D eigenvalue weighted by Gasteiger charge is 2.36. The van der Waals surface area contributed by atoms with Crippen LogP contribution in [0.5, 0.6) is 0 Å². The van der Waals surface area contributed by atoms with E-state index in [-0.39, 0.29) is 5.54 Å². The topological polar surface area (TPSA) is 26.0 Å². The van der Waals surface area contributed by atoms with Crippen LogP contribution in [0.1, 0.15) is 55.7 Å². The van der Waals surface area contributed by atoms with Gasteiger partial charge in [0.2, 0.25) is 0 Å². The Hall–Kier alpha value is -0.820. The molecule has 0 amide bonds. The molecular formula is C17H27N. The van der Waals surface area contributed by atoms with E-state index in [4.69, 9.17) is 5.73 Å². The van der Waals surface area contributed by atoms with Gasteiger partial charge in [0.25, 0.3) is 0 Å². The van der Waals surface area contributed by atoms with Gasteiger partial charge < -0.3 is 5.73 Å². The summed E-state index contributed by atoms with van der Waals surface area (Å²) >= 11 is 0. The first-order valence-corrected chi connectivity index (χ1v) is 7.41. The zero-order chi connectivity index (χ0) is 13.2. The average Bonchev–Trinajstić information content (AvgIpc) is 2.35. The van der Waals surface area contributed by atoms with Crippen molar-refractivity contribution in [2.45, 2.75) is 64.8 Å². The maximum Gasteiger partial charge on any atom is 0.0223 e. The van der Waals surface area contributed by atoms with Crippen molar-refractivity contribution in [3.8, 4) is 0 Å². The maximum atomic E-state index is 6.78. The number of hydrogen-bond donors (Lipinski definition) is 1. The molecule has 2 N–H and O–H groups in total. The lowest BCUT2D eigenvalue weighted by molar-refractivity contribution is 0.182. The molecule has 1 heteroatoms. The second-order valence-electron chi connectivity index (χ2n) is 6.13. The minimum atomic E-state index is 0.0316. The molecular weight excluding hydrogens is 218 g/mol. The van der Waals surface area contributed by atoms with Crippen molar-refractivity contribution in [3.05, 3.63) is 34.9 Å². The first kappa shape index (κ1) is 13.6. The summed E-state index contributed by atoms with van der Waals surface area (Å²) in [4.78, 5) is 0. The van der Waals surface area contributed by atoms with Gasteiger partial charge in [0.05, 0.1) is 0 Å². The molecule has 0 saturated heterocycles. The third-order valence-corrected chi connectivity index (χ3v) is 4.90. The Morgan fingerprint density at radius 3 is 2.50 bits per heavy atom. The smallest absolute Gasteiger partial charge is 0.0223 e. The third-order valence-electron chi connectivity index (χ3n) is 4.90. The Labute approximate surface area is 112 Å². The molecule has 18 heavy (non-hydrogen) atoms. The van der Waals surface area contributed by atoms with Gasteiger partial charge in [-0.1, -0.05) is 44.4 Å². The summed E-state index contributed by atoms with van der Waals surface area (Å²) in [5, 5.41) is 0. The van der Waals surface area contributed by atoms with Gasteiger partial charge in [-0.25, -0.2) is 0 Å². The number of hydrogen-bond acceptors (Lipinski definition) is 1. The van der Waals surface area contributed by atoms with Crippen molar-refractivity contribution in [1.29, 1.82) is 0 Å². The molecule has 1 aliphatic rings. The molecule has 1 aliphatic carbocycles. The lowest BCUT2D eigenvalue weighted by atomic mass is 9.68. The van der Waals surface area contributed by atoms with E-state index in [1.54, 1.807) is 0 Å². The van der Waals surface area contributed by atoms with Gasteiger partial charge in [0.15, 0.2) is 0 Å². The first-order chi connectivity index (χ1) is 8.57. The van der Waals surface area contributed by atoms with Crippen molar-refractivity contribution >= 4 is 0 Å². The molecule has 1 aromatic rings. The zero-order valence-corrected chi connectivity index (χ0v) is 12.1. The number of rotatable bonds is 3. The van der Waals surface area contributed by atoms with E-state index in [2.05, 4.69) is 39.0 Å². The van der Waals surface area contributed by atoms with Gasteiger partial charge in [0, 0.05) is 5.54 Å². The average molecular weight is 245 g/mol. The van der Waals surface area contributed by atoms with Gasteiger partial charge >= 0.3 is 0 Å². The van der Waals surface area contributed by atoms with Crippen LogP contribution in [0.25, 0.3) is 0 Å². The predicted octanol–water partition coefficient (Wildman–Crippen LogP) is 4.14. The summed E-state index contributed by atoms with van der Waals surface area (Å²) in [5.74, 6) is 0.699. The predicted molar refractivity (Wildman–Crippen MR) is 78.8 cm³/mol. The van der Waals surface area contributed by atoms with E-state index >= 15 is 0 Å². The minimum Gasteiger partial charge on any atom is -0.325 e. The van der Waals surface area contributed by atoms with E-state index in [1.807, 2.05) is 0 Å². The normalized spacial score (nSPS) is 28.3. The van der Waals surface area contributed by atoms with Gasteiger partial charge in [-0.05, 0) is 55.7 Å². The standard InChI is InChI=1S/C17H27N/c1-4-15-10-5-6-11-17(15,18)12-16-13(2)8-7-9-14(16)3/h7-9,15H,4-6,10-12,18H2,1-3H3. The Bertz CT molecular complexity index is 390. The fourth-order valence-electron chi connectivity index (χ4n) is 3.64. The highest BCUT2D eigenvalue weighted by molar-refractivity contribution is 5.35. The van der Waals surface area contributed by atoms with Crippen molar-refractivity contribution in [2.75, 3.05) is 0 Å². The second-order valence-corrected chi connectivity index (χ2v) is 6.13. The van der Waals surface area contributed by atoms with E-state index in [0.29, 0.717) is 5.92 Å². The molecule has 2 unspecified atom stereocenters. The summed E-state index contributed by atoms with van der Waals surface area (Å²) in [7, 11) is 0. The quantitative estimate of drug-likeness (QED) is 0.851. The molecule has 2 rings (SSSR count). The summed E-state index contributed by atoms with van der Waals surface area (Å²) in [6.07, 6.45) is 7.46. The molecule has 2 atom stereocenters. The summed E-state index contributed by atoms with van der Waals surface area (Å²) < 4.78 is 0.